The standard InChI is InChI=1S/C31H36N4O3S/c1-4-38-29(36)15-13-21-12-14-26-30(20(21)2)35(32-33(26)3)25-10-7-9-23-19-34(17-16-24(23)25)31(37)28-18-22-8-5-6-11-27(22)39-28/h7,9-10,12,14,18,32H,4-6,8,11,13,15-17,19H2,1-3H3. The number of nitrogens with zero attached hydrogens (tertiary/aromatic N) is 3. The minimum Gasteiger partial charge on any atom is -0.466 e. The number of anilines is 3. The Kier molecular flexibility index (Phi) is 7.08. The Hall–Kier alpha value is -3.36. The quantitative estimate of drug-likeness (QED) is 0.406. The normalized spacial score (nSPS) is 16.1. The summed E-state index contributed by atoms with van der Waals surface area (Å²) in [7, 11) is 2.02. The van der Waals surface area contributed by atoms with Crippen molar-refractivity contribution in [2.45, 2.75) is 65.3 Å². The van der Waals surface area contributed by atoms with Gasteiger partial charge in [-0.3, -0.25) is 19.6 Å². The summed E-state index contributed by atoms with van der Waals surface area (Å²) in [4.78, 5) is 29.8. The molecule has 0 saturated carbocycles. The number of amides is 1. The highest BCUT2D eigenvalue weighted by molar-refractivity contribution is 7.14. The second-order valence-electron chi connectivity index (χ2n) is 10.7. The minimum absolute atomic E-state index is 0.163. The molecule has 3 aliphatic rings. The van der Waals surface area contributed by atoms with E-state index in [1.54, 1.807) is 11.3 Å². The maximum atomic E-state index is 13.5. The molecule has 1 aliphatic carbocycles. The summed E-state index contributed by atoms with van der Waals surface area (Å²) >= 11 is 1.70. The zero-order valence-electron chi connectivity index (χ0n) is 23.0. The highest BCUT2D eigenvalue weighted by atomic mass is 32.1. The number of hydrogen-bond donors (Lipinski definition) is 1. The monoisotopic (exact) mass is 544 g/mol. The molecule has 1 amide bonds. The fourth-order valence-corrected chi connectivity index (χ4v) is 7.40. The number of hydrazine groups is 2. The number of fused-ring (bicyclic) bond motifs is 3. The van der Waals surface area contributed by atoms with Crippen LogP contribution in [0, 0.1) is 6.92 Å². The summed E-state index contributed by atoms with van der Waals surface area (Å²) in [5, 5.41) is 4.20. The number of nitrogens with one attached hydrogen (secondary N) is 1. The first-order valence-corrected chi connectivity index (χ1v) is 14.9. The summed E-state index contributed by atoms with van der Waals surface area (Å²) in [6, 6.07) is 12.8. The topological polar surface area (TPSA) is 65.1 Å². The van der Waals surface area contributed by atoms with E-state index in [0.29, 0.717) is 32.5 Å². The molecule has 6 rings (SSSR count). The average Bonchev–Trinajstić information content (AvgIpc) is 3.53. The lowest BCUT2D eigenvalue weighted by atomic mass is 9.96. The van der Waals surface area contributed by atoms with Crippen molar-refractivity contribution in [1.29, 1.82) is 0 Å². The molecule has 0 bridgehead atoms. The first-order valence-electron chi connectivity index (χ1n) is 14.0. The smallest absolute Gasteiger partial charge is 0.306 e. The van der Waals surface area contributed by atoms with Crippen LogP contribution in [0.5, 0.6) is 0 Å². The molecule has 0 unspecified atom stereocenters. The number of esters is 1. The Balaban J connectivity index is 1.26. The van der Waals surface area contributed by atoms with Crippen LogP contribution < -0.4 is 15.6 Å². The summed E-state index contributed by atoms with van der Waals surface area (Å²) in [6.07, 6.45) is 6.50. The van der Waals surface area contributed by atoms with Crippen LogP contribution in [0.25, 0.3) is 0 Å². The Morgan fingerprint density at radius 2 is 1.90 bits per heavy atom. The van der Waals surface area contributed by atoms with Crippen molar-refractivity contribution in [3.63, 3.8) is 0 Å². The van der Waals surface area contributed by atoms with Gasteiger partial charge in [0.1, 0.15) is 0 Å². The Morgan fingerprint density at radius 3 is 2.72 bits per heavy atom. The largest absolute Gasteiger partial charge is 0.466 e. The molecule has 2 aromatic carbocycles. The van der Waals surface area contributed by atoms with Crippen LogP contribution in [-0.2, 0) is 41.8 Å². The lowest BCUT2D eigenvalue weighted by Crippen LogP contribution is -2.41. The van der Waals surface area contributed by atoms with E-state index in [2.05, 4.69) is 53.9 Å². The highest BCUT2D eigenvalue weighted by Gasteiger charge is 2.32. The van der Waals surface area contributed by atoms with Gasteiger partial charge >= 0.3 is 5.97 Å². The minimum atomic E-state index is -0.163. The molecule has 204 valence electrons. The first-order chi connectivity index (χ1) is 18.9. The van der Waals surface area contributed by atoms with E-state index in [4.69, 9.17) is 4.74 Å². The number of carbonyl (C=O) groups excluding carboxylic acids is 2. The van der Waals surface area contributed by atoms with E-state index in [9.17, 15) is 9.59 Å². The van der Waals surface area contributed by atoms with Crippen LogP contribution >= 0.6 is 11.3 Å². The van der Waals surface area contributed by atoms with Crippen LogP contribution in [-0.4, -0.2) is 37.0 Å². The molecule has 0 spiro atoms. The van der Waals surface area contributed by atoms with Gasteiger partial charge in [-0.05, 0) is 98.4 Å². The SMILES string of the molecule is CCOC(=O)CCc1ccc2c(c1C)N(c1cccc3c1CCN(C(=O)c1cc4c(s1)CCCC4)C3)NN2C. The number of aryl methyl sites for hydroxylation is 3. The molecule has 8 heteroatoms. The molecule has 39 heavy (non-hydrogen) atoms. The summed E-state index contributed by atoms with van der Waals surface area (Å²) in [5.41, 5.74) is 13.0. The van der Waals surface area contributed by atoms with Gasteiger partial charge in [-0.25, -0.2) is 0 Å². The second-order valence-corrected chi connectivity index (χ2v) is 11.8. The van der Waals surface area contributed by atoms with Crippen LogP contribution in [0.1, 0.15) is 68.6 Å². The molecular weight excluding hydrogens is 508 g/mol. The van der Waals surface area contributed by atoms with E-state index in [1.165, 1.54) is 34.4 Å². The zero-order chi connectivity index (χ0) is 27.1. The van der Waals surface area contributed by atoms with Crippen molar-refractivity contribution in [2.75, 3.05) is 30.2 Å². The van der Waals surface area contributed by atoms with Gasteiger partial charge in [-0.1, -0.05) is 18.2 Å². The lowest BCUT2D eigenvalue weighted by Gasteiger charge is -2.32. The van der Waals surface area contributed by atoms with Gasteiger partial charge in [-0.15, -0.1) is 16.9 Å². The van der Waals surface area contributed by atoms with E-state index >= 15 is 0 Å². The van der Waals surface area contributed by atoms with Gasteiger partial charge in [-0.2, -0.15) is 0 Å². The fraction of sp³-hybridized carbons (Fsp3) is 0.419. The van der Waals surface area contributed by atoms with Crippen molar-refractivity contribution >= 4 is 40.3 Å². The molecule has 7 nitrogen and oxygen atoms in total. The number of carbonyl (C=O) groups is 2. The van der Waals surface area contributed by atoms with Crippen LogP contribution in [0.15, 0.2) is 36.4 Å². The van der Waals surface area contributed by atoms with Crippen LogP contribution in [0.4, 0.5) is 17.1 Å². The second kappa shape index (κ2) is 10.7. The molecule has 3 aromatic rings. The van der Waals surface area contributed by atoms with Gasteiger partial charge in [0, 0.05) is 31.4 Å². The molecule has 3 heterocycles. The van der Waals surface area contributed by atoms with E-state index in [1.807, 2.05) is 23.9 Å². The van der Waals surface area contributed by atoms with Gasteiger partial charge in [0.05, 0.1) is 28.5 Å². The molecular formula is C31H36N4O3S. The molecule has 0 atom stereocenters. The van der Waals surface area contributed by atoms with Crippen LogP contribution in [0.3, 0.4) is 0 Å². The van der Waals surface area contributed by atoms with E-state index < -0.39 is 0 Å². The fourth-order valence-electron chi connectivity index (χ4n) is 6.17. The number of hydrogen-bond acceptors (Lipinski definition) is 7. The van der Waals surface area contributed by atoms with Gasteiger partial charge in [0.25, 0.3) is 5.91 Å². The Morgan fingerprint density at radius 1 is 1.05 bits per heavy atom. The molecule has 0 fully saturated rings. The number of benzene rings is 2. The highest BCUT2D eigenvalue weighted by Crippen LogP contribution is 2.44. The van der Waals surface area contributed by atoms with Crippen LogP contribution in [0.2, 0.25) is 0 Å². The third-order valence-electron chi connectivity index (χ3n) is 8.24. The van der Waals surface area contributed by atoms with E-state index in [-0.39, 0.29) is 11.9 Å². The maximum absolute atomic E-state index is 13.5. The van der Waals surface area contributed by atoms with Gasteiger partial charge < -0.3 is 9.64 Å². The predicted octanol–water partition coefficient (Wildman–Crippen LogP) is 5.64. The van der Waals surface area contributed by atoms with Gasteiger partial charge in [0.2, 0.25) is 0 Å². The molecule has 0 radical (unpaired) electrons. The molecule has 2 aliphatic heterocycles. The molecule has 1 aromatic heterocycles. The number of thiophene rings is 1. The van der Waals surface area contributed by atoms with Crippen molar-refractivity contribution in [1.82, 2.24) is 10.4 Å². The number of rotatable bonds is 6. The molecule has 0 saturated heterocycles. The van der Waals surface area contributed by atoms with Crippen molar-refractivity contribution in [3.05, 3.63) is 74.0 Å². The Bertz CT molecular complexity index is 1410. The zero-order valence-corrected chi connectivity index (χ0v) is 23.8. The summed E-state index contributed by atoms with van der Waals surface area (Å²) < 4.78 is 5.14. The Labute approximate surface area is 234 Å². The van der Waals surface area contributed by atoms with Crippen molar-refractivity contribution in [3.8, 4) is 0 Å². The van der Waals surface area contributed by atoms with E-state index in [0.717, 1.165) is 52.3 Å². The summed E-state index contributed by atoms with van der Waals surface area (Å²) in [5.74, 6) is 0.000334. The van der Waals surface area contributed by atoms with Crippen molar-refractivity contribution in [2.24, 2.45) is 0 Å². The maximum Gasteiger partial charge on any atom is 0.306 e. The molecule has 1 N–H and O–H groups in total. The summed E-state index contributed by atoms with van der Waals surface area (Å²) in [6.45, 7) is 5.70. The predicted molar refractivity (Wildman–Crippen MR) is 156 cm³/mol. The van der Waals surface area contributed by atoms with Gasteiger partial charge in [0.15, 0.2) is 0 Å². The number of ether oxygens (including phenoxy) is 1. The van der Waals surface area contributed by atoms with Crippen molar-refractivity contribution < 1.29 is 14.3 Å². The third-order valence-corrected chi connectivity index (χ3v) is 9.46. The average molecular weight is 545 g/mol. The first kappa shape index (κ1) is 25.9. The third kappa shape index (κ3) is 4.80. The lowest BCUT2D eigenvalue weighted by molar-refractivity contribution is -0.143.